The number of aromatic nitrogens is 1. The van der Waals surface area contributed by atoms with Gasteiger partial charge in [-0.1, -0.05) is 6.07 Å². The van der Waals surface area contributed by atoms with Crippen molar-refractivity contribution in [2.45, 2.75) is 54.0 Å². The van der Waals surface area contributed by atoms with Crippen LogP contribution in [-0.4, -0.2) is 17.0 Å². The van der Waals surface area contributed by atoms with Gasteiger partial charge in [-0.25, -0.2) is 0 Å². The predicted octanol–water partition coefficient (Wildman–Crippen LogP) is 4.74. The Bertz CT molecular complexity index is 733. The van der Waals surface area contributed by atoms with Crippen LogP contribution >= 0.6 is 0 Å². The van der Waals surface area contributed by atoms with Gasteiger partial charge in [0.05, 0.1) is 0 Å². The fourth-order valence-electron chi connectivity index (χ4n) is 3.11. The highest BCUT2D eigenvalue weighted by atomic mass is 16.5. The standard InChI is InChI=1S/C20H27NO2/c1-13-8-9-17(10-14(13)2)23-12-19(22)18-11-15(3)21(16(18)4)20(5,6)7/h8-11H,12H2,1-7H3. The zero-order chi connectivity index (χ0) is 17.4. The van der Waals surface area contributed by atoms with Gasteiger partial charge in [0, 0.05) is 22.5 Å². The van der Waals surface area contributed by atoms with Crippen LogP contribution < -0.4 is 4.74 Å². The summed E-state index contributed by atoms with van der Waals surface area (Å²) in [6, 6.07) is 7.86. The minimum absolute atomic E-state index is 0.0202. The normalized spacial score (nSPS) is 11.6. The predicted molar refractivity (Wildman–Crippen MR) is 94.6 cm³/mol. The van der Waals surface area contributed by atoms with Crippen LogP contribution in [0.2, 0.25) is 0 Å². The van der Waals surface area contributed by atoms with E-state index in [0.717, 1.165) is 22.7 Å². The van der Waals surface area contributed by atoms with E-state index in [-0.39, 0.29) is 17.9 Å². The molecule has 0 radical (unpaired) electrons. The number of benzene rings is 1. The molecule has 1 aromatic heterocycles. The number of nitrogens with zero attached hydrogens (tertiary/aromatic N) is 1. The van der Waals surface area contributed by atoms with Gasteiger partial charge >= 0.3 is 0 Å². The summed E-state index contributed by atoms with van der Waals surface area (Å²) in [5.74, 6) is 0.762. The number of ether oxygens (including phenoxy) is 1. The molecule has 0 saturated heterocycles. The number of Topliss-reactive ketones (excluding diaryl/α,β-unsaturated/α-hetero) is 1. The molecular weight excluding hydrogens is 286 g/mol. The lowest BCUT2D eigenvalue weighted by Crippen LogP contribution is -2.24. The molecule has 2 aromatic rings. The lowest BCUT2D eigenvalue weighted by molar-refractivity contribution is 0.0920. The molecule has 1 aromatic carbocycles. The molecule has 0 aliphatic heterocycles. The third kappa shape index (κ3) is 3.66. The molecule has 124 valence electrons. The third-order valence-corrected chi connectivity index (χ3v) is 4.25. The summed E-state index contributed by atoms with van der Waals surface area (Å²) in [5.41, 5.74) is 5.20. The zero-order valence-corrected chi connectivity index (χ0v) is 15.3. The molecule has 23 heavy (non-hydrogen) atoms. The Labute approximate surface area is 139 Å². The molecule has 1 heterocycles. The first-order chi connectivity index (χ1) is 10.6. The smallest absolute Gasteiger partial charge is 0.202 e. The number of rotatable bonds is 4. The Hall–Kier alpha value is -2.03. The molecule has 0 saturated carbocycles. The van der Waals surface area contributed by atoms with Crippen molar-refractivity contribution in [3.8, 4) is 5.75 Å². The van der Waals surface area contributed by atoms with Crippen LogP contribution in [0.1, 0.15) is 53.6 Å². The quantitative estimate of drug-likeness (QED) is 0.764. The van der Waals surface area contributed by atoms with E-state index in [1.165, 1.54) is 11.1 Å². The van der Waals surface area contributed by atoms with Gasteiger partial charge in [-0.3, -0.25) is 4.79 Å². The summed E-state index contributed by atoms with van der Waals surface area (Å²) in [5, 5.41) is 0. The van der Waals surface area contributed by atoms with E-state index in [0.29, 0.717) is 0 Å². The Morgan fingerprint density at radius 2 is 1.70 bits per heavy atom. The molecule has 0 unspecified atom stereocenters. The lowest BCUT2D eigenvalue weighted by atomic mass is 10.1. The summed E-state index contributed by atoms with van der Waals surface area (Å²) < 4.78 is 7.89. The van der Waals surface area contributed by atoms with E-state index < -0.39 is 0 Å². The second kappa shape index (κ2) is 6.23. The fraction of sp³-hybridized carbons (Fsp3) is 0.450. The first-order valence-corrected chi connectivity index (χ1v) is 8.04. The van der Waals surface area contributed by atoms with E-state index in [1.807, 2.05) is 45.0 Å². The Kier molecular flexibility index (Phi) is 4.69. The largest absolute Gasteiger partial charge is 0.485 e. The average molecular weight is 313 g/mol. The highest BCUT2D eigenvalue weighted by Gasteiger charge is 2.22. The molecule has 0 fully saturated rings. The second-order valence-corrected chi connectivity index (χ2v) is 7.25. The van der Waals surface area contributed by atoms with Gasteiger partial charge < -0.3 is 9.30 Å². The van der Waals surface area contributed by atoms with Crippen molar-refractivity contribution in [2.75, 3.05) is 6.61 Å². The van der Waals surface area contributed by atoms with E-state index >= 15 is 0 Å². The van der Waals surface area contributed by atoms with Crippen molar-refractivity contribution in [2.24, 2.45) is 0 Å². The van der Waals surface area contributed by atoms with Gasteiger partial charge in [-0.2, -0.15) is 0 Å². The highest BCUT2D eigenvalue weighted by Crippen LogP contribution is 2.25. The number of carbonyl (C=O) groups excluding carboxylic acids is 1. The summed E-state index contributed by atoms with van der Waals surface area (Å²) in [7, 11) is 0. The maximum atomic E-state index is 12.5. The molecule has 0 aliphatic rings. The number of hydrogen-bond donors (Lipinski definition) is 0. The van der Waals surface area contributed by atoms with Gasteiger partial charge in [-0.15, -0.1) is 0 Å². The lowest BCUT2D eigenvalue weighted by Gasteiger charge is -2.25. The third-order valence-electron chi connectivity index (χ3n) is 4.25. The van der Waals surface area contributed by atoms with Gasteiger partial charge in [0.15, 0.2) is 6.61 Å². The topological polar surface area (TPSA) is 31.2 Å². The van der Waals surface area contributed by atoms with E-state index in [2.05, 4.69) is 32.3 Å². The molecule has 0 spiro atoms. The number of carbonyl (C=O) groups is 1. The second-order valence-electron chi connectivity index (χ2n) is 7.25. The number of ketones is 1. The molecular formula is C20H27NO2. The van der Waals surface area contributed by atoms with Crippen molar-refractivity contribution in [3.05, 3.63) is 52.3 Å². The number of hydrogen-bond acceptors (Lipinski definition) is 2. The fourth-order valence-corrected chi connectivity index (χ4v) is 3.11. The van der Waals surface area contributed by atoms with Crippen LogP contribution in [0.3, 0.4) is 0 Å². The Morgan fingerprint density at radius 3 is 2.22 bits per heavy atom. The molecule has 0 atom stereocenters. The van der Waals surface area contributed by atoms with Gasteiger partial charge in [0.2, 0.25) is 5.78 Å². The summed E-state index contributed by atoms with van der Waals surface area (Å²) in [6.45, 7) is 14.6. The number of aryl methyl sites for hydroxylation is 3. The van der Waals surface area contributed by atoms with Gasteiger partial charge in [0.25, 0.3) is 0 Å². The zero-order valence-electron chi connectivity index (χ0n) is 15.3. The van der Waals surface area contributed by atoms with Crippen molar-refractivity contribution in [1.29, 1.82) is 0 Å². The molecule has 2 rings (SSSR count). The van der Waals surface area contributed by atoms with Crippen molar-refractivity contribution >= 4 is 5.78 Å². The molecule has 0 N–H and O–H groups in total. The molecule has 0 amide bonds. The summed E-state index contributed by atoms with van der Waals surface area (Å²) >= 11 is 0. The molecule has 0 aliphatic carbocycles. The summed E-state index contributed by atoms with van der Waals surface area (Å²) in [4.78, 5) is 12.5. The van der Waals surface area contributed by atoms with Crippen LogP contribution in [0.4, 0.5) is 0 Å². The maximum Gasteiger partial charge on any atom is 0.202 e. The minimum atomic E-state index is -0.0401. The van der Waals surface area contributed by atoms with Crippen molar-refractivity contribution in [1.82, 2.24) is 4.57 Å². The SMILES string of the molecule is Cc1ccc(OCC(=O)c2cc(C)n(C(C)(C)C)c2C)cc1C. The van der Waals surface area contributed by atoms with Crippen molar-refractivity contribution < 1.29 is 9.53 Å². The van der Waals surface area contributed by atoms with E-state index in [1.54, 1.807) is 0 Å². The average Bonchev–Trinajstić information content (AvgIpc) is 2.74. The van der Waals surface area contributed by atoms with Crippen LogP contribution in [0.5, 0.6) is 5.75 Å². The van der Waals surface area contributed by atoms with Gasteiger partial charge in [-0.05, 0) is 77.8 Å². The monoisotopic (exact) mass is 313 g/mol. The van der Waals surface area contributed by atoms with Crippen LogP contribution in [-0.2, 0) is 5.54 Å². The van der Waals surface area contributed by atoms with E-state index in [9.17, 15) is 4.79 Å². The van der Waals surface area contributed by atoms with Crippen LogP contribution in [0.15, 0.2) is 24.3 Å². The first kappa shape index (κ1) is 17.3. The minimum Gasteiger partial charge on any atom is -0.485 e. The van der Waals surface area contributed by atoms with Crippen molar-refractivity contribution in [3.63, 3.8) is 0 Å². The van der Waals surface area contributed by atoms with Crippen LogP contribution in [0.25, 0.3) is 0 Å². The first-order valence-electron chi connectivity index (χ1n) is 8.04. The Balaban J connectivity index is 2.17. The highest BCUT2D eigenvalue weighted by molar-refractivity contribution is 5.98. The molecule has 0 bridgehead atoms. The van der Waals surface area contributed by atoms with Crippen LogP contribution in [0, 0.1) is 27.7 Å². The van der Waals surface area contributed by atoms with Gasteiger partial charge in [0.1, 0.15) is 5.75 Å². The molecule has 3 nitrogen and oxygen atoms in total. The Morgan fingerprint density at radius 1 is 1.04 bits per heavy atom. The summed E-state index contributed by atoms with van der Waals surface area (Å²) in [6.07, 6.45) is 0. The maximum absolute atomic E-state index is 12.5. The van der Waals surface area contributed by atoms with E-state index in [4.69, 9.17) is 4.74 Å². The molecule has 3 heteroatoms.